The van der Waals surface area contributed by atoms with Crippen LogP contribution in [-0.4, -0.2) is 19.4 Å². The average Bonchev–Trinajstić information content (AvgIpc) is 2.14. The van der Waals surface area contributed by atoms with Crippen molar-refractivity contribution < 1.29 is 9.18 Å². The molecular formula is C10H12FNO. The van der Waals surface area contributed by atoms with Crippen molar-refractivity contribution in [2.24, 2.45) is 0 Å². The van der Waals surface area contributed by atoms with E-state index in [1.165, 1.54) is 12.1 Å². The van der Waals surface area contributed by atoms with E-state index in [2.05, 4.69) is 5.32 Å². The van der Waals surface area contributed by atoms with Crippen molar-refractivity contribution in [3.63, 3.8) is 0 Å². The zero-order valence-corrected chi connectivity index (χ0v) is 7.51. The van der Waals surface area contributed by atoms with Gasteiger partial charge >= 0.3 is 0 Å². The van der Waals surface area contributed by atoms with Crippen LogP contribution >= 0.6 is 0 Å². The van der Waals surface area contributed by atoms with Crippen LogP contribution in [0.1, 0.15) is 16.8 Å². The Morgan fingerprint density at radius 1 is 1.54 bits per heavy atom. The zero-order chi connectivity index (χ0) is 9.68. The van der Waals surface area contributed by atoms with Gasteiger partial charge in [0.05, 0.1) is 0 Å². The number of nitrogens with one attached hydrogen (secondary N) is 1. The van der Waals surface area contributed by atoms with Crippen molar-refractivity contribution in [2.45, 2.75) is 6.42 Å². The van der Waals surface area contributed by atoms with Crippen LogP contribution < -0.4 is 5.32 Å². The topological polar surface area (TPSA) is 29.1 Å². The zero-order valence-electron chi connectivity index (χ0n) is 7.51. The van der Waals surface area contributed by atoms with Gasteiger partial charge in [0.1, 0.15) is 5.82 Å². The number of hydrogen-bond acceptors (Lipinski definition) is 2. The Morgan fingerprint density at radius 2 is 2.31 bits per heavy atom. The lowest BCUT2D eigenvalue weighted by atomic mass is 10.1. The Bertz CT molecular complexity index is 299. The monoisotopic (exact) mass is 181 g/mol. The Balaban J connectivity index is 2.66. The van der Waals surface area contributed by atoms with Gasteiger partial charge < -0.3 is 5.32 Å². The molecule has 1 aromatic rings. The van der Waals surface area contributed by atoms with Crippen molar-refractivity contribution in [2.75, 3.05) is 13.6 Å². The number of rotatable bonds is 4. The SMILES string of the molecule is CNCCC(=O)c1cccc(F)c1. The van der Waals surface area contributed by atoms with Crippen LogP contribution in [-0.2, 0) is 0 Å². The molecule has 0 fully saturated rings. The first-order chi connectivity index (χ1) is 6.24. The summed E-state index contributed by atoms with van der Waals surface area (Å²) in [6.45, 7) is 0.620. The molecular weight excluding hydrogens is 169 g/mol. The smallest absolute Gasteiger partial charge is 0.164 e. The highest BCUT2D eigenvalue weighted by atomic mass is 19.1. The highest BCUT2D eigenvalue weighted by Crippen LogP contribution is 2.05. The number of halogens is 1. The second-order valence-electron chi connectivity index (χ2n) is 2.79. The molecule has 0 aliphatic carbocycles. The predicted molar refractivity (Wildman–Crippen MR) is 49.3 cm³/mol. The third kappa shape index (κ3) is 2.95. The van der Waals surface area contributed by atoms with Gasteiger partial charge in [0, 0.05) is 18.5 Å². The molecule has 0 bridgehead atoms. The molecule has 0 saturated carbocycles. The highest BCUT2D eigenvalue weighted by molar-refractivity contribution is 5.96. The molecule has 0 aromatic heterocycles. The third-order valence-electron chi connectivity index (χ3n) is 1.75. The van der Waals surface area contributed by atoms with E-state index in [1.54, 1.807) is 19.2 Å². The quantitative estimate of drug-likeness (QED) is 0.715. The van der Waals surface area contributed by atoms with E-state index in [0.29, 0.717) is 18.5 Å². The molecule has 1 aromatic carbocycles. The molecule has 1 rings (SSSR count). The molecule has 0 aliphatic rings. The van der Waals surface area contributed by atoms with Crippen LogP contribution in [0.5, 0.6) is 0 Å². The summed E-state index contributed by atoms with van der Waals surface area (Å²) in [5.74, 6) is -0.399. The van der Waals surface area contributed by atoms with E-state index in [4.69, 9.17) is 0 Å². The van der Waals surface area contributed by atoms with Crippen LogP contribution in [0.4, 0.5) is 4.39 Å². The van der Waals surface area contributed by atoms with Crippen molar-refractivity contribution in [1.82, 2.24) is 5.32 Å². The van der Waals surface area contributed by atoms with Crippen LogP contribution in [0.15, 0.2) is 24.3 Å². The molecule has 0 radical (unpaired) electrons. The van der Waals surface area contributed by atoms with Gasteiger partial charge in [-0.15, -0.1) is 0 Å². The first kappa shape index (κ1) is 9.86. The fourth-order valence-corrected chi connectivity index (χ4v) is 1.04. The number of ketones is 1. The lowest BCUT2D eigenvalue weighted by Crippen LogP contribution is -2.13. The molecule has 0 spiro atoms. The maximum atomic E-state index is 12.7. The number of carbonyl (C=O) groups is 1. The Kier molecular flexibility index (Phi) is 3.58. The van der Waals surface area contributed by atoms with Crippen LogP contribution in [0, 0.1) is 5.82 Å². The van der Waals surface area contributed by atoms with Crippen molar-refractivity contribution in [3.8, 4) is 0 Å². The minimum absolute atomic E-state index is 0.0335. The fraction of sp³-hybridized carbons (Fsp3) is 0.300. The molecule has 13 heavy (non-hydrogen) atoms. The van der Waals surface area contributed by atoms with E-state index in [-0.39, 0.29) is 11.6 Å². The predicted octanol–water partition coefficient (Wildman–Crippen LogP) is 1.62. The summed E-state index contributed by atoms with van der Waals surface area (Å²) in [6.07, 6.45) is 0.403. The van der Waals surface area contributed by atoms with Gasteiger partial charge in [-0.1, -0.05) is 12.1 Å². The lowest BCUT2D eigenvalue weighted by molar-refractivity contribution is 0.0983. The van der Waals surface area contributed by atoms with E-state index < -0.39 is 0 Å². The number of hydrogen-bond donors (Lipinski definition) is 1. The Hall–Kier alpha value is -1.22. The largest absolute Gasteiger partial charge is 0.319 e. The molecule has 0 aliphatic heterocycles. The summed E-state index contributed by atoms with van der Waals surface area (Å²) in [5.41, 5.74) is 0.440. The minimum Gasteiger partial charge on any atom is -0.319 e. The first-order valence-corrected chi connectivity index (χ1v) is 4.17. The molecule has 0 saturated heterocycles. The van der Waals surface area contributed by atoms with Gasteiger partial charge in [-0.05, 0) is 19.2 Å². The van der Waals surface area contributed by atoms with Crippen LogP contribution in [0.3, 0.4) is 0 Å². The maximum absolute atomic E-state index is 12.7. The average molecular weight is 181 g/mol. The Morgan fingerprint density at radius 3 is 2.92 bits per heavy atom. The van der Waals surface area contributed by atoms with E-state index in [0.717, 1.165) is 0 Å². The summed E-state index contributed by atoms with van der Waals surface area (Å²) >= 11 is 0. The van der Waals surface area contributed by atoms with Gasteiger partial charge in [-0.25, -0.2) is 4.39 Å². The van der Waals surface area contributed by atoms with Crippen LogP contribution in [0.25, 0.3) is 0 Å². The number of benzene rings is 1. The van der Waals surface area contributed by atoms with Crippen molar-refractivity contribution >= 4 is 5.78 Å². The summed E-state index contributed by atoms with van der Waals surface area (Å²) in [4.78, 5) is 11.3. The highest BCUT2D eigenvalue weighted by Gasteiger charge is 2.04. The number of Topliss-reactive ketones (excluding diaryl/α,β-unsaturated/α-hetero) is 1. The fourth-order valence-electron chi connectivity index (χ4n) is 1.04. The van der Waals surface area contributed by atoms with Gasteiger partial charge in [0.25, 0.3) is 0 Å². The molecule has 2 nitrogen and oxygen atoms in total. The van der Waals surface area contributed by atoms with Crippen molar-refractivity contribution in [1.29, 1.82) is 0 Å². The van der Waals surface area contributed by atoms with E-state index in [1.807, 2.05) is 0 Å². The molecule has 70 valence electrons. The second-order valence-corrected chi connectivity index (χ2v) is 2.79. The molecule has 0 unspecified atom stereocenters. The molecule has 3 heteroatoms. The summed E-state index contributed by atoms with van der Waals surface area (Å²) in [6, 6.07) is 5.76. The third-order valence-corrected chi connectivity index (χ3v) is 1.75. The lowest BCUT2D eigenvalue weighted by Gasteiger charge is -1.99. The van der Waals surface area contributed by atoms with Crippen LogP contribution in [0.2, 0.25) is 0 Å². The van der Waals surface area contributed by atoms with Gasteiger partial charge in [-0.3, -0.25) is 4.79 Å². The van der Waals surface area contributed by atoms with E-state index in [9.17, 15) is 9.18 Å². The normalized spacial score (nSPS) is 10.0. The summed E-state index contributed by atoms with van der Waals surface area (Å²) in [5, 5.41) is 2.87. The van der Waals surface area contributed by atoms with Gasteiger partial charge in [0.2, 0.25) is 0 Å². The minimum atomic E-state index is -0.365. The summed E-state index contributed by atoms with van der Waals surface area (Å²) < 4.78 is 12.7. The number of carbonyl (C=O) groups excluding carboxylic acids is 1. The maximum Gasteiger partial charge on any atom is 0.164 e. The second kappa shape index (κ2) is 4.72. The van der Waals surface area contributed by atoms with E-state index >= 15 is 0 Å². The first-order valence-electron chi connectivity index (χ1n) is 4.17. The molecule has 0 heterocycles. The van der Waals surface area contributed by atoms with Gasteiger partial charge in [-0.2, -0.15) is 0 Å². The molecule has 0 amide bonds. The van der Waals surface area contributed by atoms with Gasteiger partial charge in [0.15, 0.2) is 5.78 Å². The molecule has 1 N–H and O–H groups in total. The molecule has 0 atom stereocenters. The van der Waals surface area contributed by atoms with Crippen molar-refractivity contribution in [3.05, 3.63) is 35.6 Å². The standard InChI is InChI=1S/C10H12FNO/c1-12-6-5-10(13)8-3-2-4-9(11)7-8/h2-4,7,12H,5-6H2,1H3. The Labute approximate surface area is 76.8 Å². The summed E-state index contributed by atoms with van der Waals surface area (Å²) in [7, 11) is 1.78.